The average molecular weight is 421 g/mol. The van der Waals surface area contributed by atoms with Crippen molar-refractivity contribution in [2.75, 3.05) is 18.4 Å². The molecule has 2 aliphatic rings. The second-order valence-electron chi connectivity index (χ2n) is 7.69. The van der Waals surface area contributed by atoms with Crippen LogP contribution in [0.3, 0.4) is 0 Å². The summed E-state index contributed by atoms with van der Waals surface area (Å²) in [4.78, 5) is 21.9. The van der Waals surface area contributed by atoms with Gasteiger partial charge in [0, 0.05) is 24.8 Å². The first-order valence-corrected chi connectivity index (χ1v) is 9.84. The van der Waals surface area contributed by atoms with Crippen molar-refractivity contribution in [1.82, 2.24) is 24.6 Å². The predicted molar refractivity (Wildman–Crippen MR) is 106 cm³/mol. The van der Waals surface area contributed by atoms with Crippen LogP contribution in [0.2, 0.25) is 0 Å². The number of likely N-dealkylation sites (tertiary alicyclic amines) is 1. The molecule has 0 bridgehead atoms. The normalized spacial score (nSPS) is 16.0. The fourth-order valence-electron chi connectivity index (χ4n) is 3.43. The Morgan fingerprint density at radius 1 is 1.19 bits per heavy atom. The third-order valence-electron chi connectivity index (χ3n) is 5.35. The van der Waals surface area contributed by atoms with Crippen LogP contribution >= 0.6 is 0 Å². The van der Waals surface area contributed by atoms with Crippen molar-refractivity contribution in [3.05, 3.63) is 54.0 Å². The highest BCUT2D eigenvalue weighted by Crippen LogP contribution is 2.35. The SMILES string of the molecule is N#CC1CN(C(=O)c2ccc(-c3nc(Nc4cnn(C5CC5)c4)ncc3F)cc2F)C1. The fraction of sp³-hybridized carbons (Fsp3) is 0.286. The van der Waals surface area contributed by atoms with E-state index in [4.69, 9.17) is 5.26 Å². The first-order valence-electron chi connectivity index (χ1n) is 9.84. The van der Waals surface area contributed by atoms with Gasteiger partial charge in [0.05, 0.1) is 41.7 Å². The lowest BCUT2D eigenvalue weighted by Gasteiger charge is -2.35. The predicted octanol–water partition coefficient (Wildman–Crippen LogP) is 3.29. The third kappa shape index (κ3) is 3.70. The summed E-state index contributed by atoms with van der Waals surface area (Å²) < 4.78 is 30.9. The van der Waals surface area contributed by atoms with E-state index < -0.39 is 17.5 Å². The van der Waals surface area contributed by atoms with Crippen molar-refractivity contribution in [1.29, 1.82) is 5.26 Å². The second kappa shape index (κ2) is 7.43. The number of amides is 1. The number of nitriles is 1. The van der Waals surface area contributed by atoms with Crippen molar-refractivity contribution in [3.8, 4) is 17.3 Å². The van der Waals surface area contributed by atoms with Crippen LogP contribution in [-0.4, -0.2) is 43.6 Å². The smallest absolute Gasteiger partial charge is 0.256 e. The number of benzene rings is 1. The number of rotatable bonds is 5. The van der Waals surface area contributed by atoms with Crippen LogP contribution in [-0.2, 0) is 0 Å². The molecule has 0 spiro atoms. The molecule has 1 aromatic carbocycles. The zero-order valence-corrected chi connectivity index (χ0v) is 16.3. The van der Waals surface area contributed by atoms with Gasteiger partial charge in [-0.2, -0.15) is 10.4 Å². The summed E-state index contributed by atoms with van der Waals surface area (Å²) in [6.45, 7) is 0.562. The number of anilines is 2. The Labute approximate surface area is 176 Å². The summed E-state index contributed by atoms with van der Waals surface area (Å²) in [6.07, 6.45) is 6.67. The van der Waals surface area contributed by atoms with E-state index in [0.29, 0.717) is 11.7 Å². The molecular weight excluding hydrogens is 404 g/mol. The van der Waals surface area contributed by atoms with Crippen LogP contribution in [0.15, 0.2) is 36.8 Å². The van der Waals surface area contributed by atoms with Crippen LogP contribution in [0, 0.1) is 28.9 Å². The van der Waals surface area contributed by atoms with Crippen LogP contribution in [0.1, 0.15) is 29.2 Å². The summed E-state index contributed by atoms with van der Waals surface area (Å²) in [6, 6.07) is 6.32. The number of carbonyl (C=O) groups is 1. The second-order valence-corrected chi connectivity index (χ2v) is 7.69. The maximum atomic E-state index is 14.6. The van der Waals surface area contributed by atoms with Gasteiger partial charge < -0.3 is 10.2 Å². The highest BCUT2D eigenvalue weighted by Gasteiger charge is 2.32. The number of nitrogens with zero attached hydrogens (tertiary/aromatic N) is 6. The highest BCUT2D eigenvalue weighted by atomic mass is 19.1. The summed E-state index contributed by atoms with van der Waals surface area (Å²) >= 11 is 0. The van der Waals surface area contributed by atoms with Gasteiger partial charge in [-0.15, -0.1) is 0 Å². The van der Waals surface area contributed by atoms with Gasteiger partial charge in [-0.3, -0.25) is 9.48 Å². The first kappa shape index (κ1) is 19.1. The molecule has 10 heteroatoms. The van der Waals surface area contributed by atoms with Crippen LogP contribution < -0.4 is 5.32 Å². The summed E-state index contributed by atoms with van der Waals surface area (Å²) in [5, 5.41) is 16.1. The van der Waals surface area contributed by atoms with E-state index in [-0.39, 0.29) is 41.8 Å². The number of hydrogen-bond acceptors (Lipinski definition) is 6. The minimum Gasteiger partial charge on any atom is -0.336 e. The van der Waals surface area contributed by atoms with Gasteiger partial charge in [0.15, 0.2) is 5.82 Å². The molecule has 1 N–H and O–H groups in total. The zero-order chi connectivity index (χ0) is 21.5. The van der Waals surface area contributed by atoms with Gasteiger partial charge in [0.1, 0.15) is 11.5 Å². The van der Waals surface area contributed by atoms with Crippen molar-refractivity contribution in [2.45, 2.75) is 18.9 Å². The molecule has 1 aliphatic heterocycles. The number of carbonyl (C=O) groups excluding carboxylic acids is 1. The molecular formula is C21H17F2N7O. The molecule has 156 valence electrons. The third-order valence-corrected chi connectivity index (χ3v) is 5.35. The van der Waals surface area contributed by atoms with E-state index in [9.17, 15) is 13.6 Å². The number of hydrogen-bond donors (Lipinski definition) is 1. The largest absolute Gasteiger partial charge is 0.336 e. The molecule has 0 unspecified atom stereocenters. The van der Waals surface area contributed by atoms with Crippen LogP contribution in [0.5, 0.6) is 0 Å². The maximum absolute atomic E-state index is 14.6. The Hall–Kier alpha value is -3.87. The van der Waals surface area contributed by atoms with Crippen molar-refractivity contribution in [2.24, 2.45) is 5.92 Å². The molecule has 2 aromatic heterocycles. The summed E-state index contributed by atoms with van der Waals surface area (Å²) in [5.74, 6) is -2.05. The quantitative estimate of drug-likeness (QED) is 0.679. The van der Waals surface area contributed by atoms with Gasteiger partial charge in [-0.05, 0) is 25.0 Å². The fourth-order valence-corrected chi connectivity index (χ4v) is 3.43. The van der Waals surface area contributed by atoms with Crippen molar-refractivity contribution in [3.63, 3.8) is 0 Å². The molecule has 3 aromatic rings. The van der Waals surface area contributed by atoms with Crippen molar-refractivity contribution >= 4 is 17.5 Å². The van der Waals surface area contributed by atoms with Gasteiger partial charge in [0.25, 0.3) is 5.91 Å². The Morgan fingerprint density at radius 3 is 2.71 bits per heavy atom. The first-order chi connectivity index (χ1) is 15.0. The summed E-state index contributed by atoms with van der Waals surface area (Å²) in [5.41, 5.74) is 0.643. The zero-order valence-electron chi connectivity index (χ0n) is 16.3. The molecule has 1 amide bonds. The molecule has 8 nitrogen and oxygen atoms in total. The van der Waals surface area contributed by atoms with Gasteiger partial charge in [-0.25, -0.2) is 18.7 Å². The molecule has 1 aliphatic carbocycles. The van der Waals surface area contributed by atoms with Crippen LogP contribution in [0.4, 0.5) is 20.4 Å². The lowest BCUT2D eigenvalue weighted by molar-refractivity contribution is 0.0572. The Morgan fingerprint density at radius 2 is 2.00 bits per heavy atom. The molecule has 0 radical (unpaired) electrons. The van der Waals surface area contributed by atoms with E-state index in [2.05, 4.69) is 26.5 Å². The number of aromatic nitrogens is 4. The Bertz CT molecular complexity index is 1210. The molecule has 0 atom stereocenters. The monoisotopic (exact) mass is 421 g/mol. The Balaban J connectivity index is 1.36. The van der Waals surface area contributed by atoms with Gasteiger partial charge >= 0.3 is 0 Å². The molecule has 2 fully saturated rings. The number of halogens is 2. The molecule has 31 heavy (non-hydrogen) atoms. The lowest BCUT2D eigenvalue weighted by Crippen LogP contribution is -2.49. The van der Waals surface area contributed by atoms with E-state index in [1.54, 1.807) is 6.20 Å². The van der Waals surface area contributed by atoms with E-state index in [1.165, 1.54) is 17.0 Å². The van der Waals surface area contributed by atoms with Crippen LogP contribution in [0.25, 0.3) is 11.3 Å². The molecule has 5 rings (SSSR count). The highest BCUT2D eigenvalue weighted by molar-refractivity contribution is 5.95. The molecule has 1 saturated heterocycles. The summed E-state index contributed by atoms with van der Waals surface area (Å²) in [7, 11) is 0. The Kier molecular flexibility index (Phi) is 4.58. The molecule has 1 saturated carbocycles. The maximum Gasteiger partial charge on any atom is 0.256 e. The minimum atomic E-state index is -0.777. The van der Waals surface area contributed by atoms with E-state index in [1.807, 2.05) is 10.9 Å². The van der Waals surface area contributed by atoms with E-state index in [0.717, 1.165) is 25.1 Å². The van der Waals surface area contributed by atoms with E-state index >= 15 is 0 Å². The minimum absolute atomic E-state index is 0.0847. The molecule has 3 heterocycles. The van der Waals surface area contributed by atoms with Gasteiger partial charge in [-0.1, -0.05) is 6.07 Å². The standard InChI is InChI=1S/C21H17F2N7O/c22-17-5-13(1-4-16(17)20(31)29-9-12(6-24)10-29)19-18(23)8-25-21(28-19)27-14-7-26-30(11-14)15-2-3-15/h1,4-5,7-8,11-12,15H,2-3,9-10H2,(H,25,27,28). The number of nitrogens with one attached hydrogen (secondary N) is 1. The average Bonchev–Trinajstić information content (AvgIpc) is 3.47. The van der Waals surface area contributed by atoms with Gasteiger partial charge in [0.2, 0.25) is 5.95 Å². The van der Waals surface area contributed by atoms with Crippen molar-refractivity contribution < 1.29 is 13.6 Å². The lowest BCUT2D eigenvalue weighted by atomic mass is 9.99. The topological polar surface area (TPSA) is 99.7 Å².